The first-order valence-electron chi connectivity index (χ1n) is 6.30. The van der Waals surface area contributed by atoms with E-state index in [0.29, 0.717) is 13.1 Å². The maximum atomic E-state index is 12.2. The average molecular weight is 277 g/mol. The van der Waals surface area contributed by atoms with Gasteiger partial charge in [0.1, 0.15) is 5.56 Å². The quantitative estimate of drug-likeness (QED) is 0.762. The lowest BCUT2D eigenvalue weighted by Gasteiger charge is -2.00. The Kier molecular flexibility index (Phi) is 3.88. The Labute approximate surface area is 114 Å². The lowest BCUT2D eigenvalue weighted by atomic mass is 10.2. The highest BCUT2D eigenvalue weighted by Crippen LogP contribution is 2.14. The highest BCUT2D eigenvalue weighted by molar-refractivity contribution is 5.99. The van der Waals surface area contributed by atoms with Crippen molar-refractivity contribution >= 4 is 22.9 Å². The van der Waals surface area contributed by atoms with Crippen molar-refractivity contribution in [2.24, 2.45) is 0 Å². The Balaban J connectivity index is 2.48. The van der Waals surface area contributed by atoms with E-state index in [-0.39, 0.29) is 22.4 Å². The van der Waals surface area contributed by atoms with Crippen molar-refractivity contribution in [1.82, 2.24) is 15.6 Å². The van der Waals surface area contributed by atoms with E-state index in [9.17, 15) is 14.4 Å². The fourth-order valence-electron chi connectivity index (χ4n) is 1.80. The molecule has 0 spiro atoms. The lowest BCUT2D eigenvalue weighted by molar-refractivity contribution is 0.0927. The van der Waals surface area contributed by atoms with Gasteiger partial charge in [0.15, 0.2) is 5.76 Å². The van der Waals surface area contributed by atoms with Gasteiger partial charge in [0.05, 0.1) is 5.39 Å². The zero-order valence-electron chi connectivity index (χ0n) is 11.2. The van der Waals surface area contributed by atoms with Crippen LogP contribution in [0, 0.1) is 0 Å². The summed E-state index contributed by atoms with van der Waals surface area (Å²) in [4.78, 5) is 38.2. The fraction of sp³-hybridized carbons (Fsp3) is 0.308. The van der Waals surface area contributed by atoms with Crippen LogP contribution < -0.4 is 16.1 Å². The van der Waals surface area contributed by atoms with Gasteiger partial charge in [-0.3, -0.25) is 14.4 Å². The highest BCUT2D eigenvalue weighted by Gasteiger charge is 2.17. The van der Waals surface area contributed by atoms with Crippen LogP contribution in [0.1, 0.15) is 34.8 Å². The zero-order valence-corrected chi connectivity index (χ0v) is 11.2. The Hall–Kier alpha value is -2.57. The van der Waals surface area contributed by atoms with Crippen molar-refractivity contribution in [3.63, 3.8) is 0 Å². The van der Waals surface area contributed by atoms with Crippen molar-refractivity contribution in [3.05, 3.63) is 33.8 Å². The summed E-state index contributed by atoms with van der Waals surface area (Å²) >= 11 is 0. The molecule has 3 N–H and O–H groups in total. The largest absolute Gasteiger partial charge is 0.434 e. The minimum absolute atomic E-state index is 0.0115. The molecule has 0 unspecified atom stereocenters. The average Bonchev–Trinajstić information content (AvgIpc) is 2.84. The topological polar surface area (TPSA) is 104 Å². The molecule has 0 saturated carbocycles. The van der Waals surface area contributed by atoms with Gasteiger partial charge in [-0.2, -0.15) is 0 Å². The monoisotopic (exact) mass is 277 g/mol. The molecule has 0 bridgehead atoms. The third-order valence-electron chi connectivity index (χ3n) is 2.71. The minimum Gasteiger partial charge on any atom is -0.434 e. The van der Waals surface area contributed by atoms with Gasteiger partial charge in [0, 0.05) is 25.4 Å². The van der Waals surface area contributed by atoms with Gasteiger partial charge in [0.25, 0.3) is 11.8 Å². The van der Waals surface area contributed by atoms with Crippen LogP contribution in [0.2, 0.25) is 0 Å². The SMILES string of the molecule is CCNC(=O)c1cc2c(=O)c(C(=O)NCC)c[nH]c2o1. The normalized spacial score (nSPS) is 10.5. The van der Waals surface area contributed by atoms with Gasteiger partial charge in [-0.1, -0.05) is 0 Å². The molecule has 0 aliphatic carbocycles. The van der Waals surface area contributed by atoms with Gasteiger partial charge >= 0.3 is 0 Å². The molecule has 106 valence electrons. The molecule has 20 heavy (non-hydrogen) atoms. The third-order valence-corrected chi connectivity index (χ3v) is 2.71. The van der Waals surface area contributed by atoms with Crippen LogP contribution in [-0.4, -0.2) is 29.9 Å². The van der Waals surface area contributed by atoms with E-state index < -0.39 is 17.2 Å². The van der Waals surface area contributed by atoms with E-state index in [1.807, 2.05) is 0 Å². The first-order chi connectivity index (χ1) is 9.58. The van der Waals surface area contributed by atoms with Gasteiger partial charge < -0.3 is 20.0 Å². The first kappa shape index (κ1) is 13.9. The molecule has 7 heteroatoms. The molecule has 2 rings (SSSR count). The van der Waals surface area contributed by atoms with Crippen molar-refractivity contribution in [2.75, 3.05) is 13.1 Å². The summed E-state index contributed by atoms with van der Waals surface area (Å²) in [5.74, 6) is -0.837. The molecule has 0 aliphatic rings. The molecule has 0 atom stereocenters. The standard InChI is InChI=1S/C13H15N3O4/c1-3-14-11(18)8-6-16-13-7(10(8)17)5-9(20-13)12(19)15-4-2/h5-6H,3-4H2,1-2H3,(H,14,18)(H,15,19)(H,16,17). The number of rotatable bonds is 4. The lowest BCUT2D eigenvalue weighted by Crippen LogP contribution is -2.28. The van der Waals surface area contributed by atoms with Crippen LogP contribution in [-0.2, 0) is 0 Å². The number of hydrogen-bond donors (Lipinski definition) is 3. The van der Waals surface area contributed by atoms with E-state index in [1.54, 1.807) is 13.8 Å². The number of fused-ring (bicyclic) bond motifs is 1. The molecule has 2 aromatic heterocycles. The number of amides is 2. The van der Waals surface area contributed by atoms with Gasteiger partial charge in [0.2, 0.25) is 11.1 Å². The highest BCUT2D eigenvalue weighted by atomic mass is 16.4. The number of H-pyrrole nitrogens is 1. The molecule has 0 aliphatic heterocycles. The summed E-state index contributed by atoms with van der Waals surface area (Å²) in [6.45, 7) is 4.41. The van der Waals surface area contributed by atoms with E-state index in [0.717, 1.165) is 0 Å². The number of aromatic amines is 1. The number of hydrogen-bond acceptors (Lipinski definition) is 4. The molecule has 0 aromatic carbocycles. The van der Waals surface area contributed by atoms with Crippen molar-refractivity contribution in [1.29, 1.82) is 0 Å². The summed E-state index contributed by atoms with van der Waals surface area (Å²) in [7, 11) is 0. The van der Waals surface area contributed by atoms with Crippen LogP contribution in [0.25, 0.3) is 11.1 Å². The molecule has 0 saturated heterocycles. The van der Waals surface area contributed by atoms with Crippen molar-refractivity contribution in [3.8, 4) is 0 Å². The smallest absolute Gasteiger partial charge is 0.287 e. The fourth-order valence-corrected chi connectivity index (χ4v) is 1.80. The van der Waals surface area contributed by atoms with Crippen LogP contribution in [0.4, 0.5) is 0 Å². The Morgan fingerprint density at radius 2 is 1.85 bits per heavy atom. The molecule has 2 heterocycles. The van der Waals surface area contributed by atoms with E-state index in [1.165, 1.54) is 12.3 Å². The van der Waals surface area contributed by atoms with Crippen LogP contribution >= 0.6 is 0 Å². The van der Waals surface area contributed by atoms with Gasteiger partial charge in [-0.05, 0) is 13.8 Å². The Morgan fingerprint density at radius 3 is 2.50 bits per heavy atom. The van der Waals surface area contributed by atoms with E-state index >= 15 is 0 Å². The summed E-state index contributed by atoms with van der Waals surface area (Å²) in [5.41, 5.74) is -0.309. The van der Waals surface area contributed by atoms with E-state index in [4.69, 9.17) is 4.42 Å². The summed E-state index contributed by atoms with van der Waals surface area (Å²) in [5, 5.41) is 5.30. The predicted octanol–water partition coefficient (Wildman–Crippen LogP) is 0.620. The minimum atomic E-state index is -0.469. The number of furan rings is 1. The van der Waals surface area contributed by atoms with Crippen molar-refractivity contribution in [2.45, 2.75) is 13.8 Å². The number of carbonyl (C=O) groups is 2. The Morgan fingerprint density at radius 1 is 1.20 bits per heavy atom. The first-order valence-corrected chi connectivity index (χ1v) is 6.30. The molecule has 2 amide bonds. The number of nitrogens with one attached hydrogen (secondary N) is 3. The van der Waals surface area contributed by atoms with Crippen molar-refractivity contribution < 1.29 is 14.0 Å². The maximum Gasteiger partial charge on any atom is 0.287 e. The second-order valence-electron chi connectivity index (χ2n) is 4.10. The van der Waals surface area contributed by atoms with Crippen LogP contribution in [0.5, 0.6) is 0 Å². The molecular weight excluding hydrogens is 262 g/mol. The number of pyridine rings is 1. The molecule has 0 fully saturated rings. The second-order valence-corrected chi connectivity index (χ2v) is 4.10. The zero-order chi connectivity index (χ0) is 14.7. The summed E-state index contributed by atoms with van der Waals surface area (Å²) in [6.07, 6.45) is 1.28. The number of aromatic nitrogens is 1. The predicted molar refractivity (Wildman–Crippen MR) is 72.8 cm³/mol. The molecule has 0 radical (unpaired) electrons. The molecular formula is C13H15N3O4. The van der Waals surface area contributed by atoms with Gasteiger partial charge in [-0.15, -0.1) is 0 Å². The van der Waals surface area contributed by atoms with Crippen LogP contribution in [0.3, 0.4) is 0 Å². The van der Waals surface area contributed by atoms with Gasteiger partial charge in [-0.25, -0.2) is 0 Å². The Bertz CT molecular complexity index is 714. The summed E-state index contributed by atoms with van der Waals surface area (Å²) in [6, 6.07) is 1.34. The number of carbonyl (C=O) groups excluding carboxylic acids is 2. The van der Waals surface area contributed by atoms with Crippen LogP contribution in [0.15, 0.2) is 21.5 Å². The molecule has 7 nitrogen and oxygen atoms in total. The molecule has 2 aromatic rings. The maximum absolute atomic E-state index is 12.2. The second kappa shape index (κ2) is 5.60. The summed E-state index contributed by atoms with van der Waals surface area (Å²) < 4.78 is 5.26. The third kappa shape index (κ3) is 2.42. The van der Waals surface area contributed by atoms with E-state index in [2.05, 4.69) is 15.6 Å².